The van der Waals surface area contributed by atoms with Crippen LogP contribution in [0.3, 0.4) is 0 Å². The summed E-state index contributed by atoms with van der Waals surface area (Å²) in [5.74, 6) is 2.19. The Morgan fingerprint density at radius 2 is 2.14 bits per heavy atom. The SMILES string of the molecule is COc1cc(C(=O)N2CCO[C@H]3CCNC[C@H]32)cc2nc(-c3cc4cccnc4n3CC3CC3)n(C)c12. The van der Waals surface area contributed by atoms with Gasteiger partial charge in [-0.1, -0.05) is 0 Å². The van der Waals surface area contributed by atoms with Crippen molar-refractivity contribution in [2.45, 2.75) is 38.0 Å². The molecule has 7 rings (SSSR count). The van der Waals surface area contributed by atoms with Crippen molar-refractivity contribution in [3.05, 3.63) is 42.1 Å². The van der Waals surface area contributed by atoms with Crippen molar-refractivity contribution in [1.29, 1.82) is 0 Å². The number of piperidine rings is 1. The van der Waals surface area contributed by atoms with Gasteiger partial charge in [0, 0.05) is 43.8 Å². The van der Waals surface area contributed by atoms with Crippen LogP contribution in [0.4, 0.5) is 0 Å². The lowest BCUT2D eigenvalue weighted by molar-refractivity contribution is -0.0699. The molecule has 1 saturated carbocycles. The fourth-order valence-corrected chi connectivity index (χ4v) is 6.04. The van der Waals surface area contributed by atoms with Crippen LogP contribution in [0.25, 0.3) is 33.6 Å². The zero-order valence-electron chi connectivity index (χ0n) is 21.3. The number of hydrogen-bond donors (Lipinski definition) is 1. The monoisotopic (exact) mass is 500 g/mol. The number of aromatic nitrogens is 4. The summed E-state index contributed by atoms with van der Waals surface area (Å²) in [4.78, 5) is 25.5. The van der Waals surface area contributed by atoms with E-state index in [0.717, 1.165) is 59.6 Å². The quantitative estimate of drug-likeness (QED) is 0.453. The summed E-state index contributed by atoms with van der Waals surface area (Å²) in [5.41, 5.74) is 4.26. The summed E-state index contributed by atoms with van der Waals surface area (Å²) in [5, 5.41) is 4.52. The molecule has 3 aliphatic rings. The van der Waals surface area contributed by atoms with E-state index < -0.39 is 0 Å². The molecule has 2 atom stereocenters. The van der Waals surface area contributed by atoms with Gasteiger partial charge in [0.05, 0.1) is 37.1 Å². The average molecular weight is 501 g/mol. The highest BCUT2D eigenvalue weighted by atomic mass is 16.5. The van der Waals surface area contributed by atoms with Gasteiger partial charge in [-0.25, -0.2) is 9.97 Å². The maximum atomic E-state index is 13.8. The Labute approximate surface area is 215 Å². The molecule has 2 saturated heterocycles. The number of hydrogen-bond acceptors (Lipinski definition) is 6. The van der Waals surface area contributed by atoms with E-state index in [2.05, 4.69) is 31.6 Å². The first-order valence-corrected chi connectivity index (χ1v) is 13.2. The van der Waals surface area contributed by atoms with E-state index >= 15 is 0 Å². The van der Waals surface area contributed by atoms with E-state index in [1.165, 1.54) is 12.8 Å². The second kappa shape index (κ2) is 8.85. The van der Waals surface area contributed by atoms with Crippen LogP contribution >= 0.6 is 0 Å². The zero-order valence-corrected chi connectivity index (χ0v) is 21.3. The van der Waals surface area contributed by atoms with Crippen molar-refractivity contribution in [2.24, 2.45) is 13.0 Å². The second-order valence-electron chi connectivity index (χ2n) is 10.5. The van der Waals surface area contributed by atoms with Gasteiger partial charge in [0.25, 0.3) is 5.91 Å². The molecule has 1 amide bonds. The second-order valence-corrected chi connectivity index (χ2v) is 10.5. The molecule has 192 valence electrons. The van der Waals surface area contributed by atoms with Crippen LogP contribution in [0.5, 0.6) is 5.75 Å². The minimum atomic E-state index is 0.00134. The lowest BCUT2D eigenvalue weighted by Crippen LogP contribution is -2.60. The molecular formula is C28H32N6O3. The van der Waals surface area contributed by atoms with Crippen LogP contribution in [-0.2, 0) is 18.3 Å². The largest absolute Gasteiger partial charge is 0.494 e. The molecule has 1 aliphatic carbocycles. The number of imidazole rings is 1. The minimum absolute atomic E-state index is 0.00134. The molecule has 0 unspecified atom stereocenters. The van der Waals surface area contributed by atoms with Gasteiger partial charge in [0.1, 0.15) is 16.9 Å². The summed E-state index contributed by atoms with van der Waals surface area (Å²) in [6, 6.07) is 10.1. The first-order chi connectivity index (χ1) is 18.1. The molecule has 9 heteroatoms. The van der Waals surface area contributed by atoms with Crippen LogP contribution in [0, 0.1) is 5.92 Å². The predicted octanol–water partition coefficient (Wildman–Crippen LogP) is 3.21. The van der Waals surface area contributed by atoms with Crippen LogP contribution in [0.1, 0.15) is 29.6 Å². The third kappa shape index (κ3) is 3.79. The molecule has 1 aromatic carbocycles. The summed E-state index contributed by atoms with van der Waals surface area (Å²) in [6.45, 7) is 3.77. The Hall–Kier alpha value is -3.43. The predicted molar refractivity (Wildman–Crippen MR) is 141 cm³/mol. The van der Waals surface area contributed by atoms with Crippen molar-refractivity contribution in [2.75, 3.05) is 33.4 Å². The number of morpholine rings is 1. The Kier molecular flexibility index (Phi) is 5.44. The number of amides is 1. The van der Waals surface area contributed by atoms with E-state index in [1.54, 1.807) is 7.11 Å². The molecule has 3 fully saturated rings. The van der Waals surface area contributed by atoms with E-state index in [-0.39, 0.29) is 18.1 Å². The van der Waals surface area contributed by atoms with Gasteiger partial charge in [-0.05, 0) is 62.1 Å². The van der Waals surface area contributed by atoms with Gasteiger partial charge in [-0.3, -0.25) is 4.79 Å². The fourth-order valence-electron chi connectivity index (χ4n) is 6.04. The first kappa shape index (κ1) is 22.7. The van der Waals surface area contributed by atoms with Crippen molar-refractivity contribution >= 4 is 28.0 Å². The minimum Gasteiger partial charge on any atom is -0.494 e. The summed E-state index contributed by atoms with van der Waals surface area (Å²) in [6.07, 6.45) is 5.38. The number of methoxy groups -OCH3 is 1. The number of pyridine rings is 1. The lowest BCUT2D eigenvalue weighted by atomic mass is 9.99. The maximum Gasteiger partial charge on any atom is 0.254 e. The topological polar surface area (TPSA) is 86.4 Å². The number of carbonyl (C=O) groups is 1. The third-order valence-corrected chi connectivity index (χ3v) is 8.14. The molecule has 5 heterocycles. The van der Waals surface area contributed by atoms with Crippen LogP contribution in [0.2, 0.25) is 0 Å². The van der Waals surface area contributed by atoms with Crippen LogP contribution in [-0.4, -0.2) is 75.4 Å². The van der Waals surface area contributed by atoms with Crippen LogP contribution < -0.4 is 10.1 Å². The standard InChI is InChI=1S/C28H32N6O3/c1-32-25-20(31-27(32)21-13-18-4-3-8-30-26(18)34(21)16-17-5-6-17)12-19(14-24(25)36-2)28(35)33-10-11-37-23-7-9-29-15-22(23)33/h3-4,8,12-14,17,22-23,29H,5-7,9-11,15-16H2,1-2H3/t22-,23+/m1/s1. The van der Waals surface area contributed by atoms with Gasteiger partial charge < -0.3 is 28.8 Å². The zero-order chi connectivity index (χ0) is 25.1. The van der Waals surface area contributed by atoms with Crippen molar-refractivity contribution in [3.8, 4) is 17.3 Å². The normalized spacial score (nSPS) is 21.9. The molecule has 37 heavy (non-hydrogen) atoms. The molecule has 0 spiro atoms. The molecule has 4 aromatic rings. The highest BCUT2D eigenvalue weighted by Gasteiger charge is 2.37. The number of nitrogens with one attached hydrogen (secondary N) is 1. The molecule has 0 radical (unpaired) electrons. The lowest BCUT2D eigenvalue weighted by Gasteiger charge is -2.44. The Morgan fingerprint density at radius 3 is 2.97 bits per heavy atom. The van der Waals surface area contributed by atoms with Crippen molar-refractivity contribution < 1.29 is 14.3 Å². The number of ether oxygens (including phenoxy) is 2. The van der Waals surface area contributed by atoms with Crippen LogP contribution in [0.15, 0.2) is 36.5 Å². The molecular weight excluding hydrogens is 468 g/mol. The number of aryl methyl sites for hydroxylation is 1. The van der Waals surface area contributed by atoms with Gasteiger partial charge in [-0.15, -0.1) is 0 Å². The molecule has 2 aliphatic heterocycles. The number of fused-ring (bicyclic) bond motifs is 3. The molecule has 9 nitrogen and oxygen atoms in total. The summed E-state index contributed by atoms with van der Waals surface area (Å²) >= 11 is 0. The number of nitrogens with zero attached hydrogens (tertiary/aromatic N) is 5. The Balaban J connectivity index is 1.32. The van der Waals surface area contributed by atoms with Gasteiger partial charge >= 0.3 is 0 Å². The number of rotatable bonds is 5. The first-order valence-electron chi connectivity index (χ1n) is 13.2. The number of carbonyl (C=O) groups excluding carboxylic acids is 1. The van der Waals surface area contributed by atoms with Gasteiger partial charge in [0.15, 0.2) is 5.82 Å². The van der Waals surface area contributed by atoms with Crippen molar-refractivity contribution in [3.63, 3.8) is 0 Å². The highest BCUT2D eigenvalue weighted by molar-refractivity contribution is 6.00. The van der Waals surface area contributed by atoms with Crippen molar-refractivity contribution in [1.82, 2.24) is 29.3 Å². The summed E-state index contributed by atoms with van der Waals surface area (Å²) < 4.78 is 16.2. The third-order valence-electron chi connectivity index (χ3n) is 8.14. The smallest absolute Gasteiger partial charge is 0.254 e. The van der Waals surface area contributed by atoms with E-state index in [0.29, 0.717) is 30.4 Å². The fraction of sp³-hybridized carbons (Fsp3) is 0.464. The highest BCUT2D eigenvalue weighted by Crippen LogP contribution is 2.37. The number of benzene rings is 1. The Bertz CT molecular complexity index is 1500. The molecule has 1 N–H and O–H groups in total. The average Bonchev–Trinajstić information content (AvgIpc) is 3.60. The van der Waals surface area contributed by atoms with E-state index in [1.807, 2.05) is 36.3 Å². The summed E-state index contributed by atoms with van der Waals surface area (Å²) in [7, 11) is 3.67. The maximum absolute atomic E-state index is 13.8. The van der Waals surface area contributed by atoms with E-state index in [4.69, 9.17) is 14.5 Å². The van der Waals surface area contributed by atoms with Gasteiger partial charge in [-0.2, -0.15) is 0 Å². The van der Waals surface area contributed by atoms with E-state index in [9.17, 15) is 4.79 Å². The molecule has 3 aromatic heterocycles. The Morgan fingerprint density at radius 1 is 1.24 bits per heavy atom. The molecule has 0 bridgehead atoms. The van der Waals surface area contributed by atoms with Gasteiger partial charge in [0.2, 0.25) is 0 Å².